The minimum absolute atomic E-state index is 0.0705. The highest BCUT2D eigenvalue weighted by Crippen LogP contribution is 2.44. The van der Waals surface area contributed by atoms with Gasteiger partial charge in [-0.15, -0.1) is 0 Å². The Kier molecular flexibility index (Phi) is 2.94. The van der Waals surface area contributed by atoms with Gasteiger partial charge in [-0.3, -0.25) is 14.9 Å². The third kappa shape index (κ3) is 2.25. The first-order chi connectivity index (χ1) is 9.82. The smallest absolute Gasteiger partial charge is 0.305 e. The lowest BCUT2D eigenvalue weighted by molar-refractivity contribution is -0.387. The molecule has 112 valence electrons. The molecule has 1 heterocycles. The van der Waals surface area contributed by atoms with Crippen molar-refractivity contribution in [2.75, 3.05) is 13.1 Å². The Balaban J connectivity index is 1.82. The predicted octanol–water partition coefficient (Wildman–Crippen LogP) is 1.47. The Morgan fingerprint density at radius 3 is 2.48 bits per heavy atom. The molecule has 1 N–H and O–H groups in total. The Morgan fingerprint density at radius 2 is 1.95 bits per heavy atom. The quantitative estimate of drug-likeness (QED) is 0.676. The van der Waals surface area contributed by atoms with E-state index in [0.29, 0.717) is 12.1 Å². The van der Waals surface area contributed by atoms with Gasteiger partial charge in [0.15, 0.2) is 0 Å². The molecule has 0 aromatic heterocycles. The molecule has 21 heavy (non-hydrogen) atoms. The van der Waals surface area contributed by atoms with Crippen molar-refractivity contribution in [3.05, 3.63) is 39.4 Å². The number of nitro groups is 1. The highest BCUT2D eigenvalue weighted by Gasteiger charge is 2.53. The molecule has 1 aliphatic heterocycles. The zero-order chi connectivity index (χ0) is 15.4. The van der Waals surface area contributed by atoms with Gasteiger partial charge < -0.3 is 10.0 Å². The molecule has 3 rings (SSSR count). The van der Waals surface area contributed by atoms with E-state index in [0.717, 1.165) is 12.8 Å². The minimum atomic E-state index is -1.33. The second-order valence-corrected chi connectivity index (χ2v) is 5.58. The van der Waals surface area contributed by atoms with Gasteiger partial charge in [0.1, 0.15) is 11.4 Å². The summed E-state index contributed by atoms with van der Waals surface area (Å²) < 4.78 is 26.9. The molecule has 6 nitrogen and oxygen atoms in total. The first-order valence-corrected chi connectivity index (χ1v) is 6.47. The summed E-state index contributed by atoms with van der Waals surface area (Å²) in [6.45, 7) is 0.141. The molecule has 0 radical (unpaired) electrons. The number of aliphatic hydroxyl groups is 1. The molecule has 1 saturated heterocycles. The van der Waals surface area contributed by atoms with Crippen LogP contribution in [0.1, 0.15) is 23.2 Å². The van der Waals surface area contributed by atoms with Gasteiger partial charge in [-0.1, -0.05) is 0 Å². The highest BCUT2D eigenvalue weighted by atomic mass is 19.1. The molecule has 1 amide bonds. The second kappa shape index (κ2) is 4.45. The average Bonchev–Trinajstić information content (AvgIpc) is 3.18. The van der Waals surface area contributed by atoms with Crippen LogP contribution in [0.25, 0.3) is 0 Å². The average molecular weight is 298 g/mol. The number of halogens is 2. The number of nitro benzene ring substituents is 1. The first-order valence-electron chi connectivity index (χ1n) is 6.47. The number of likely N-dealkylation sites (tertiary alicyclic amines) is 1. The van der Waals surface area contributed by atoms with Gasteiger partial charge in [0, 0.05) is 12.1 Å². The van der Waals surface area contributed by atoms with E-state index in [2.05, 4.69) is 0 Å². The van der Waals surface area contributed by atoms with Crippen LogP contribution in [0.4, 0.5) is 14.5 Å². The van der Waals surface area contributed by atoms with E-state index < -0.39 is 39.3 Å². The van der Waals surface area contributed by atoms with Crippen molar-refractivity contribution in [2.45, 2.75) is 18.4 Å². The molecular weight excluding hydrogens is 286 g/mol. The van der Waals surface area contributed by atoms with Crippen LogP contribution in [0.2, 0.25) is 0 Å². The van der Waals surface area contributed by atoms with E-state index in [1.54, 1.807) is 0 Å². The number of rotatable bonds is 3. The summed E-state index contributed by atoms with van der Waals surface area (Å²) in [7, 11) is 0. The lowest BCUT2D eigenvalue weighted by atomic mass is 9.88. The summed E-state index contributed by atoms with van der Waals surface area (Å²) in [6, 6.07) is 0.930. The van der Waals surface area contributed by atoms with Crippen molar-refractivity contribution in [3.63, 3.8) is 0 Å². The van der Waals surface area contributed by atoms with Crippen LogP contribution in [0.3, 0.4) is 0 Å². The Labute approximate surface area is 118 Å². The van der Waals surface area contributed by atoms with E-state index >= 15 is 0 Å². The van der Waals surface area contributed by atoms with Crippen LogP contribution in [-0.4, -0.2) is 39.5 Å². The monoisotopic (exact) mass is 298 g/mol. The number of carbonyl (C=O) groups excluding carboxylic acids is 1. The maximum absolute atomic E-state index is 13.7. The maximum Gasteiger partial charge on any atom is 0.305 e. The summed E-state index contributed by atoms with van der Waals surface area (Å²) in [6.07, 6.45) is 1.80. The number of carbonyl (C=O) groups is 1. The molecule has 1 aromatic rings. The fraction of sp³-hybridized carbons (Fsp3) is 0.462. The molecular formula is C13H12F2N2O4. The maximum atomic E-state index is 13.7. The van der Waals surface area contributed by atoms with Gasteiger partial charge in [0.25, 0.3) is 5.91 Å². The van der Waals surface area contributed by atoms with Crippen LogP contribution < -0.4 is 0 Å². The van der Waals surface area contributed by atoms with Crippen molar-refractivity contribution >= 4 is 11.6 Å². The number of hydrogen-bond donors (Lipinski definition) is 1. The van der Waals surface area contributed by atoms with E-state index in [1.165, 1.54) is 4.90 Å². The van der Waals surface area contributed by atoms with E-state index in [9.17, 15) is 28.8 Å². The molecule has 1 aliphatic carbocycles. The lowest BCUT2D eigenvalue weighted by Crippen LogP contribution is -2.64. The van der Waals surface area contributed by atoms with Gasteiger partial charge in [-0.25, -0.2) is 4.39 Å². The van der Waals surface area contributed by atoms with Crippen LogP contribution in [-0.2, 0) is 0 Å². The standard InChI is InChI=1S/C13H12F2N2O4/c14-9-4-10(15)11(17(20)21)3-8(9)12(18)16-5-13(19,6-16)7-1-2-7/h3-4,7,19H,1-2,5-6H2. The molecule has 0 atom stereocenters. The Bertz CT molecular complexity index is 639. The van der Waals surface area contributed by atoms with Crippen LogP contribution in [0.5, 0.6) is 0 Å². The zero-order valence-corrected chi connectivity index (χ0v) is 10.9. The van der Waals surface area contributed by atoms with Crippen molar-refractivity contribution in [1.82, 2.24) is 4.90 Å². The number of benzene rings is 1. The van der Waals surface area contributed by atoms with Crippen molar-refractivity contribution in [1.29, 1.82) is 0 Å². The minimum Gasteiger partial charge on any atom is -0.386 e. The largest absolute Gasteiger partial charge is 0.386 e. The van der Waals surface area contributed by atoms with E-state index in [1.807, 2.05) is 0 Å². The van der Waals surface area contributed by atoms with Gasteiger partial charge in [0.05, 0.1) is 23.6 Å². The second-order valence-electron chi connectivity index (χ2n) is 5.58. The highest BCUT2D eigenvalue weighted by molar-refractivity contribution is 5.95. The topological polar surface area (TPSA) is 83.7 Å². The number of nitrogens with zero attached hydrogens (tertiary/aromatic N) is 2. The van der Waals surface area contributed by atoms with Crippen LogP contribution in [0.15, 0.2) is 12.1 Å². The summed E-state index contributed by atoms with van der Waals surface area (Å²) in [5.41, 5.74) is -2.43. The van der Waals surface area contributed by atoms with E-state index in [-0.39, 0.29) is 19.0 Å². The Morgan fingerprint density at radius 1 is 1.33 bits per heavy atom. The van der Waals surface area contributed by atoms with Crippen molar-refractivity contribution < 1.29 is 23.6 Å². The Hall–Kier alpha value is -2.09. The first kappa shape index (κ1) is 13.9. The molecule has 1 saturated carbocycles. The fourth-order valence-electron chi connectivity index (χ4n) is 2.65. The van der Waals surface area contributed by atoms with Gasteiger partial charge in [-0.2, -0.15) is 4.39 Å². The third-order valence-electron chi connectivity index (χ3n) is 4.02. The summed E-state index contributed by atoms with van der Waals surface area (Å²) in [5, 5.41) is 20.8. The molecule has 8 heteroatoms. The van der Waals surface area contributed by atoms with Gasteiger partial charge >= 0.3 is 5.69 Å². The number of hydrogen-bond acceptors (Lipinski definition) is 4. The molecule has 2 aliphatic rings. The van der Waals surface area contributed by atoms with Crippen molar-refractivity contribution in [3.8, 4) is 0 Å². The zero-order valence-electron chi connectivity index (χ0n) is 10.9. The number of β-amino-alcohol motifs (C(OH)–C–C–N with tert-alkyl or cyclic N) is 1. The fourth-order valence-corrected chi connectivity index (χ4v) is 2.65. The third-order valence-corrected chi connectivity index (χ3v) is 4.02. The summed E-state index contributed by atoms with van der Waals surface area (Å²) in [4.78, 5) is 22.9. The number of amides is 1. The lowest BCUT2D eigenvalue weighted by Gasteiger charge is -2.47. The predicted molar refractivity (Wildman–Crippen MR) is 66.6 cm³/mol. The normalized spacial score (nSPS) is 20.0. The molecule has 0 bridgehead atoms. The van der Waals surface area contributed by atoms with Crippen LogP contribution in [0, 0.1) is 27.7 Å². The van der Waals surface area contributed by atoms with E-state index in [4.69, 9.17) is 0 Å². The van der Waals surface area contributed by atoms with Gasteiger partial charge in [0.2, 0.25) is 5.82 Å². The molecule has 0 unspecified atom stereocenters. The summed E-state index contributed by atoms with van der Waals surface area (Å²) in [5.74, 6) is -3.09. The molecule has 2 fully saturated rings. The SMILES string of the molecule is O=C(c1cc([N+](=O)[O-])c(F)cc1F)N1CC(O)(C2CC2)C1. The molecule has 1 aromatic carbocycles. The van der Waals surface area contributed by atoms with Crippen LogP contribution >= 0.6 is 0 Å². The summed E-state index contributed by atoms with van der Waals surface area (Å²) >= 11 is 0. The molecule has 0 spiro atoms. The van der Waals surface area contributed by atoms with Crippen molar-refractivity contribution in [2.24, 2.45) is 5.92 Å². The van der Waals surface area contributed by atoms with Gasteiger partial charge in [-0.05, 0) is 18.8 Å².